The second-order valence-electron chi connectivity index (χ2n) is 24.3. The maximum Gasteiger partial charge on any atom is 0.252 e. The third-order valence-corrected chi connectivity index (χ3v) is 18.1. The molecular weight excluding hydrogens is 1030 g/mol. The lowest BCUT2D eigenvalue weighted by Gasteiger charge is -2.43. The SMILES string of the molecule is CCCCc1ccc2oc3ccccc3c2c1-c1cc(-c2ccccc2)cc2c1Nc1cc(C(C)(C)C)cc3c1B2c1ccc(-n2c4ccccc4c4ccccc42)cc1N3c1c(-c2ccccc2)cc(-c2ccccc2)cc1-c1ccccc1. The van der Waals surface area contributed by atoms with Gasteiger partial charge in [-0.15, -0.1) is 0 Å². The van der Waals surface area contributed by atoms with Crippen molar-refractivity contribution in [1.82, 2.24) is 4.57 Å². The Hall–Kier alpha value is -10.1. The van der Waals surface area contributed by atoms with Gasteiger partial charge in [0.25, 0.3) is 6.71 Å². The smallest absolute Gasteiger partial charge is 0.252 e. The number of furan rings is 1. The highest BCUT2D eigenvalue weighted by Gasteiger charge is 2.44. The van der Waals surface area contributed by atoms with Crippen LogP contribution in [-0.2, 0) is 11.8 Å². The van der Waals surface area contributed by atoms with Gasteiger partial charge in [0.05, 0.1) is 16.7 Å². The highest BCUT2D eigenvalue weighted by molar-refractivity contribution is 7.00. The minimum Gasteiger partial charge on any atom is -0.456 e. The van der Waals surface area contributed by atoms with E-state index < -0.39 is 0 Å². The average molecular weight is 1090 g/mol. The molecule has 0 saturated heterocycles. The molecule has 85 heavy (non-hydrogen) atoms. The molecule has 0 aliphatic carbocycles. The van der Waals surface area contributed by atoms with Gasteiger partial charge in [-0.1, -0.05) is 228 Å². The summed E-state index contributed by atoms with van der Waals surface area (Å²) in [6, 6.07) is 97.2. The topological polar surface area (TPSA) is 33.3 Å². The number of anilines is 5. The zero-order valence-corrected chi connectivity index (χ0v) is 48.3. The van der Waals surface area contributed by atoms with Crippen molar-refractivity contribution in [3.05, 3.63) is 272 Å². The van der Waals surface area contributed by atoms with Crippen molar-refractivity contribution < 1.29 is 4.42 Å². The van der Waals surface area contributed by atoms with Crippen LogP contribution < -0.4 is 26.6 Å². The van der Waals surface area contributed by atoms with E-state index in [-0.39, 0.29) is 12.1 Å². The van der Waals surface area contributed by atoms with Crippen molar-refractivity contribution in [3.63, 3.8) is 0 Å². The molecule has 12 aromatic carbocycles. The standard InChI is InChI=1S/C80H62BN3O/c1-5-6-25-55-40-43-74-76(62-36-21-24-39-73(62)85-74)75(55)65-46-57(52-28-13-8-14-29-52)47-67-78(65)82-68-48-58(80(2,3)4)49-72-77(68)81(67)66-42-41-59(83-69-37-22-19-34-60(69)61-35-20-23-38-70(61)83)50-71(66)84(72)79-63(53-30-15-9-16-31-53)44-56(51-26-11-7-12-27-51)45-64(79)54-32-17-10-18-33-54/h7-24,26-50,82H,5-6,25H2,1-4H3. The fourth-order valence-electron chi connectivity index (χ4n) is 14.1. The number of benzene rings is 12. The van der Waals surface area contributed by atoms with Crippen molar-refractivity contribution in [2.24, 2.45) is 0 Å². The van der Waals surface area contributed by atoms with Crippen LogP contribution in [-0.4, -0.2) is 11.3 Å². The van der Waals surface area contributed by atoms with Crippen LogP contribution in [0.15, 0.2) is 265 Å². The molecule has 2 aliphatic rings. The zero-order valence-electron chi connectivity index (χ0n) is 48.3. The van der Waals surface area contributed by atoms with Gasteiger partial charge >= 0.3 is 0 Å². The molecule has 2 aliphatic heterocycles. The van der Waals surface area contributed by atoms with Gasteiger partial charge in [0.2, 0.25) is 0 Å². The van der Waals surface area contributed by atoms with E-state index in [4.69, 9.17) is 4.42 Å². The maximum atomic E-state index is 6.79. The van der Waals surface area contributed by atoms with Gasteiger partial charge in [0, 0.05) is 66.7 Å². The fraction of sp³-hybridized carbons (Fsp3) is 0.100. The Morgan fingerprint density at radius 1 is 0.459 bits per heavy atom. The van der Waals surface area contributed by atoms with Gasteiger partial charge in [-0.3, -0.25) is 0 Å². The van der Waals surface area contributed by atoms with E-state index in [0.717, 1.165) is 97.8 Å². The highest BCUT2D eigenvalue weighted by Crippen LogP contribution is 2.53. The average Bonchev–Trinajstić information content (AvgIpc) is 1.22. The summed E-state index contributed by atoms with van der Waals surface area (Å²) in [5, 5.41) is 9.14. The van der Waals surface area contributed by atoms with Gasteiger partial charge in [-0.05, 0) is 151 Å². The van der Waals surface area contributed by atoms with Crippen molar-refractivity contribution in [2.75, 3.05) is 10.2 Å². The van der Waals surface area contributed by atoms with Crippen molar-refractivity contribution in [2.45, 2.75) is 52.4 Å². The van der Waals surface area contributed by atoms with E-state index in [1.54, 1.807) is 0 Å². The molecule has 0 atom stereocenters. The van der Waals surface area contributed by atoms with Crippen LogP contribution in [0.25, 0.3) is 105 Å². The molecule has 0 unspecified atom stereocenters. The van der Waals surface area contributed by atoms with Gasteiger partial charge < -0.3 is 19.2 Å². The van der Waals surface area contributed by atoms with E-state index >= 15 is 0 Å². The minimum atomic E-state index is -0.226. The molecule has 16 rings (SSSR count). The summed E-state index contributed by atoms with van der Waals surface area (Å²) >= 11 is 0. The summed E-state index contributed by atoms with van der Waals surface area (Å²) < 4.78 is 9.28. The summed E-state index contributed by atoms with van der Waals surface area (Å²) in [4.78, 5) is 2.67. The number of aromatic nitrogens is 1. The molecule has 4 nitrogen and oxygen atoms in total. The largest absolute Gasteiger partial charge is 0.456 e. The molecule has 0 spiro atoms. The molecular formula is C80H62BN3O. The second-order valence-corrected chi connectivity index (χ2v) is 24.3. The molecule has 0 fully saturated rings. The van der Waals surface area contributed by atoms with E-state index in [2.05, 4.69) is 303 Å². The Labute approximate surface area is 497 Å². The Morgan fingerprint density at radius 2 is 1.01 bits per heavy atom. The van der Waals surface area contributed by atoms with E-state index in [1.165, 1.54) is 82.5 Å². The van der Waals surface area contributed by atoms with Gasteiger partial charge in [0.1, 0.15) is 11.2 Å². The first-order valence-electron chi connectivity index (χ1n) is 30.2. The normalized spacial score (nSPS) is 12.7. The lowest BCUT2D eigenvalue weighted by atomic mass is 9.33. The number of nitrogens with one attached hydrogen (secondary N) is 1. The molecule has 0 bridgehead atoms. The van der Waals surface area contributed by atoms with Crippen LogP contribution in [0.5, 0.6) is 0 Å². The lowest BCUT2D eigenvalue weighted by molar-refractivity contribution is 0.591. The third kappa shape index (κ3) is 8.27. The second kappa shape index (κ2) is 20.1. The van der Waals surface area contributed by atoms with Gasteiger partial charge in [-0.25, -0.2) is 0 Å². The monoisotopic (exact) mass is 1090 g/mol. The maximum absolute atomic E-state index is 6.79. The van der Waals surface area contributed by atoms with E-state index in [0.29, 0.717) is 0 Å². The Bertz CT molecular complexity index is 4820. The Kier molecular flexibility index (Phi) is 12.0. The summed E-state index contributed by atoms with van der Waals surface area (Å²) in [6.07, 6.45) is 3.12. The minimum absolute atomic E-state index is 0.181. The quantitative estimate of drug-likeness (QED) is 0.139. The van der Waals surface area contributed by atoms with Crippen LogP contribution in [0.3, 0.4) is 0 Å². The number of unbranched alkanes of at least 4 members (excludes halogenated alkanes) is 1. The van der Waals surface area contributed by atoms with E-state index in [9.17, 15) is 0 Å². The number of fused-ring (bicyclic) bond motifs is 10. The Morgan fingerprint density at radius 3 is 1.62 bits per heavy atom. The number of rotatable bonds is 10. The molecule has 0 saturated carbocycles. The molecule has 2 aromatic heterocycles. The summed E-state index contributed by atoms with van der Waals surface area (Å²) in [5.41, 5.74) is 28.8. The number of nitrogens with zero attached hydrogens (tertiary/aromatic N) is 2. The summed E-state index contributed by atoms with van der Waals surface area (Å²) in [7, 11) is 0. The molecule has 1 N–H and O–H groups in total. The number of hydrogen-bond acceptors (Lipinski definition) is 3. The molecule has 0 amide bonds. The number of aryl methyl sites for hydroxylation is 1. The summed E-state index contributed by atoms with van der Waals surface area (Å²) in [5.74, 6) is 0. The Balaban J connectivity index is 1.07. The van der Waals surface area contributed by atoms with Crippen molar-refractivity contribution >= 4 is 95.3 Å². The van der Waals surface area contributed by atoms with Gasteiger partial charge in [0.15, 0.2) is 0 Å². The molecule has 406 valence electrons. The first kappa shape index (κ1) is 50.6. The van der Waals surface area contributed by atoms with Gasteiger partial charge in [-0.2, -0.15) is 0 Å². The van der Waals surface area contributed by atoms with Crippen LogP contribution in [0.1, 0.15) is 51.7 Å². The first-order chi connectivity index (χ1) is 41.8. The first-order valence-corrected chi connectivity index (χ1v) is 30.2. The van der Waals surface area contributed by atoms with Crippen LogP contribution in [0, 0.1) is 0 Å². The third-order valence-electron chi connectivity index (χ3n) is 18.1. The highest BCUT2D eigenvalue weighted by atomic mass is 16.3. The predicted octanol–water partition coefficient (Wildman–Crippen LogP) is 20.0. The van der Waals surface area contributed by atoms with E-state index in [1.807, 2.05) is 0 Å². The molecule has 4 heterocycles. The summed E-state index contributed by atoms with van der Waals surface area (Å²) in [6.45, 7) is 9.20. The molecule has 5 heteroatoms. The lowest BCUT2D eigenvalue weighted by Crippen LogP contribution is -2.60. The van der Waals surface area contributed by atoms with Crippen molar-refractivity contribution in [3.8, 4) is 61.3 Å². The van der Waals surface area contributed by atoms with Crippen LogP contribution in [0.4, 0.5) is 28.4 Å². The fourth-order valence-corrected chi connectivity index (χ4v) is 14.1. The van der Waals surface area contributed by atoms with Crippen molar-refractivity contribution in [1.29, 1.82) is 0 Å². The predicted molar refractivity (Wildman–Crippen MR) is 362 cm³/mol. The molecule has 0 radical (unpaired) electrons. The molecule has 14 aromatic rings. The van der Waals surface area contributed by atoms with Crippen LogP contribution >= 0.6 is 0 Å². The zero-order chi connectivity index (χ0) is 56.9. The number of hydrogen-bond donors (Lipinski definition) is 1. The van der Waals surface area contributed by atoms with Crippen LogP contribution in [0.2, 0.25) is 0 Å². The number of para-hydroxylation sites is 3.